The van der Waals surface area contributed by atoms with Gasteiger partial charge in [-0.25, -0.2) is 0 Å². The Hall–Kier alpha value is -1.25. The van der Waals surface area contributed by atoms with Crippen LogP contribution in [-0.2, 0) is 16.9 Å². The standard InChI is InChI=1S/C14H14OS/c1-16(15)11-13-9-5-6-10-14(13)12-7-3-2-4-8-12/h2-10H,11H2,1H3. The van der Waals surface area contributed by atoms with Crippen molar-refractivity contribution in [2.75, 3.05) is 6.26 Å². The highest BCUT2D eigenvalue weighted by Crippen LogP contribution is 2.24. The van der Waals surface area contributed by atoms with Gasteiger partial charge in [-0.2, -0.15) is 0 Å². The molecule has 0 bridgehead atoms. The highest BCUT2D eigenvalue weighted by Gasteiger charge is 2.07. The summed E-state index contributed by atoms with van der Waals surface area (Å²) in [4.78, 5) is 0. The largest absolute Gasteiger partial charge is 0.616 e. The SMILES string of the molecule is C[S+]([O-])Cc1ccccc1-c1ccccc1. The van der Waals surface area contributed by atoms with Gasteiger partial charge in [-0.15, -0.1) is 0 Å². The van der Waals surface area contributed by atoms with Crippen LogP contribution in [0.25, 0.3) is 11.1 Å². The molecule has 0 saturated heterocycles. The molecule has 2 aromatic carbocycles. The maximum absolute atomic E-state index is 11.3. The van der Waals surface area contributed by atoms with Gasteiger partial charge >= 0.3 is 0 Å². The third-order valence-corrected chi connectivity index (χ3v) is 3.18. The topological polar surface area (TPSA) is 23.1 Å². The molecule has 16 heavy (non-hydrogen) atoms. The third-order valence-electron chi connectivity index (χ3n) is 2.46. The van der Waals surface area contributed by atoms with Crippen molar-refractivity contribution in [3.63, 3.8) is 0 Å². The smallest absolute Gasteiger partial charge is 0.130 e. The molecule has 0 aliphatic carbocycles. The lowest BCUT2D eigenvalue weighted by atomic mass is 10.0. The van der Waals surface area contributed by atoms with Crippen molar-refractivity contribution < 1.29 is 4.55 Å². The van der Waals surface area contributed by atoms with Crippen LogP contribution in [0.4, 0.5) is 0 Å². The Bertz CT molecular complexity index is 451. The summed E-state index contributed by atoms with van der Waals surface area (Å²) < 4.78 is 11.3. The van der Waals surface area contributed by atoms with Gasteiger partial charge in [0.2, 0.25) is 0 Å². The van der Waals surface area contributed by atoms with Crippen LogP contribution in [0.3, 0.4) is 0 Å². The molecule has 1 unspecified atom stereocenters. The zero-order valence-electron chi connectivity index (χ0n) is 9.22. The molecule has 1 nitrogen and oxygen atoms in total. The molecule has 1 atom stereocenters. The summed E-state index contributed by atoms with van der Waals surface area (Å²) in [6, 6.07) is 18.4. The Morgan fingerprint density at radius 3 is 2.25 bits per heavy atom. The second-order valence-corrected chi connectivity index (χ2v) is 5.18. The molecule has 82 valence electrons. The zero-order chi connectivity index (χ0) is 11.4. The van der Waals surface area contributed by atoms with Crippen LogP contribution >= 0.6 is 0 Å². The first-order valence-corrected chi connectivity index (χ1v) is 6.93. The van der Waals surface area contributed by atoms with E-state index < -0.39 is 11.2 Å². The Morgan fingerprint density at radius 1 is 0.938 bits per heavy atom. The van der Waals surface area contributed by atoms with E-state index in [-0.39, 0.29) is 0 Å². The molecule has 0 amide bonds. The van der Waals surface area contributed by atoms with Gasteiger partial charge in [0.15, 0.2) is 0 Å². The predicted molar refractivity (Wildman–Crippen MR) is 69.6 cm³/mol. The first-order chi connectivity index (χ1) is 7.77. The Kier molecular flexibility index (Phi) is 3.65. The molecule has 2 aromatic rings. The second-order valence-electron chi connectivity index (χ2n) is 3.74. The third kappa shape index (κ3) is 2.65. The Morgan fingerprint density at radius 2 is 1.56 bits per heavy atom. The highest BCUT2D eigenvalue weighted by atomic mass is 32.2. The molecular formula is C14H14OS. The summed E-state index contributed by atoms with van der Waals surface area (Å²) >= 11 is -0.801. The number of benzene rings is 2. The van der Waals surface area contributed by atoms with Gasteiger partial charge in [0.05, 0.1) is 6.26 Å². The second kappa shape index (κ2) is 5.19. The van der Waals surface area contributed by atoms with Gasteiger partial charge in [0.25, 0.3) is 0 Å². The molecule has 0 radical (unpaired) electrons. The quantitative estimate of drug-likeness (QED) is 0.742. The van der Waals surface area contributed by atoms with Gasteiger partial charge in [-0.1, -0.05) is 65.8 Å². The molecule has 0 N–H and O–H groups in total. The molecule has 0 saturated carbocycles. The maximum Gasteiger partial charge on any atom is 0.130 e. The van der Waals surface area contributed by atoms with Crippen LogP contribution in [0, 0.1) is 0 Å². The summed E-state index contributed by atoms with van der Waals surface area (Å²) in [5.41, 5.74) is 3.51. The number of hydrogen-bond donors (Lipinski definition) is 0. The molecule has 0 fully saturated rings. The molecule has 0 aliphatic heterocycles. The first-order valence-electron chi connectivity index (χ1n) is 5.21. The fourth-order valence-corrected chi connectivity index (χ4v) is 2.45. The number of rotatable bonds is 3. The van der Waals surface area contributed by atoms with E-state index in [1.165, 1.54) is 11.1 Å². The minimum absolute atomic E-state index is 0.616. The lowest BCUT2D eigenvalue weighted by molar-refractivity contribution is 0.600. The van der Waals surface area contributed by atoms with Gasteiger partial charge in [0, 0.05) is 5.56 Å². The summed E-state index contributed by atoms with van der Waals surface area (Å²) in [5.74, 6) is 0.616. The molecule has 2 heteroatoms. The van der Waals surface area contributed by atoms with Gasteiger partial charge in [-0.3, -0.25) is 0 Å². The van der Waals surface area contributed by atoms with Crippen LogP contribution in [0.1, 0.15) is 5.56 Å². The highest BCUT2D eigenvalue weighted by molar-refractivity contribution is 7.89. The molecule has 0 aliphatic rings. The van der Waals surface area contributed by atoms with E-state index in [4.69, 9.17) is 0 Å². The lowest BCUT2D eigenvalue weighted by Gasteiger charge is -2.10. The van der Waals surface area contributed by atoms with Crippen LogP contribution in [0.5, 0.6) is 0 Å². The van der Waals surface area contributed by atoms with E-state index >= 15 is 0 Å². The van der Waals surface area contributed by atoms with E-state index in [2.05, 4.69) is 18.2 Å². The minimum Gasteiger partial charge on any atom is -0.616 e. The summed E-state index contributed by atoms with van der Waals surface area (Å²) in [5, 5.41) is 0. The summed E-state index contributed by atoms with van der Waals surface area (Å²) in [6.45, 7) is 0. The van der Waals surface area contributed by atoms with E-state index in [1.54, 1.807) is 6.26 Å². The normalized spacial score (nSPS) is 12.4. The van der Waals surface area contributed by atoms with Crippen molar-refractivity contribution in [2.45, 2.75) is 5.75 Å². The van der Waals surface area contributed by atoms with Crippen molar-refractivity contribution in [3.05, 3.63) is 60.2 Å². The first kappa shape index (κ1) is 11.2. The van der Waals surface area contributed by atoms with Crippen molar-refractivity contribution in [3.8, 4) is 11.1 Å². The van der Waals surface area contributed by atoms with Crippen molar-refractivity contribution in [1.82, 2.24) is 0 Å². The Labute approximate surface area is 99.3 Å². The summed E-state index contributed by atoms with van der Waals surface area (Å²) in [7, 11) is 0. The zero-order valence-corrected chi connectivity index (χ0v) is 10.0. The fourth-order valence-electron chi connectivity index (χ4n) is 1.76. The van der Waals surface area contributed by atoms with Crippen molar-refractivity contribution in [1.29, 1.82) is 0 Å². The van der Waals surface area contributed by atoms with Crippen molar-refractivity contribution in [2.24, 2.45) is 0 Å². The Balaban J connectivity index is 2.41. The number of hydrogen-bond acceptors (Lipinski definition) is 1. The monoisotopic (exact) mass is 230 g/mol. The van der Waals surface area contributed by atoms with Crippen LogP contribution in [0.2, 0.25) is 0 Å². The molecule has 0 spiro atoms. The lowest BCUT2D eigenvalue weighted by Crippen LogP contribution is -2.02. The van der Waals surface area contributed by atoms with Gasteiger partial charge in [0.1, 0.15) is 5.75 Å². The van der Waals surface area contributed by atoms with Crippen molar-refractivity contribution >= 4 is 11.2 Å². The van der Waals surface area contributed by atoms with Crippen LogP contribution in [-0.4, -0.2) is 10.8 Å². The average Bonchev–Trinajstić information content (AvgIpc) is 2.30. The van der Waals surface area contributed by atoms with E-state index in [0.29, 0.717) is 5.75 Å². The predicted octanol–water partition coefficient (Wildman–Crippen LogP) is 3.23. The van der Waals surface area contributed by atoms with Crippen LogP contribution in [0.15, 0.2) is 54.6 Å². The minimum atomic E-state index is -0.801. The molecule has 0 aromatic heterocycles. The van der Waals surface area contributed by atoms with E-state index in [9.17, 15) is 4.55 Å². The van der Waals surface area contributed by atoms with E-state index in [1.807, 2.05) is 36.4 Å². The average molecular weight is 230 g/mol. The van der Waals surface area contributed by atoms with Gasteiger partial charge in [-0.05, 0) is 11.1 Å². The van der Waals surface area contributed by atoms with E-state index in [0.717, 1.165) is 5.56 Å². The fraction of sp³-hybridized carbons (Fsp3) is 0.143. The molecule has 0 heterocycles. The maximum atomic E-state index is 11.3. The molecular weight excluding hydrogens is 216 g/mol. The van der Waals surface area contributed by atoms with Gasteiger partial charge < -0.3 is 4.55 Å². The van der Waals surface area contributed by atoms with Crippen LogP contribution < -0.4 is 0 Å². The summed E-state index contributed by atoms with van der Waals surface area (Å²) in [6.07, 6.45) is 1.74. The molecule has 2 rings (SSSR count).